The molecule has 1 aliphatic heterocycles. The first kappa shape index (κ1) is 14.3. The summed E-state index contributed by atoms with van der Waals surface area (Å²) < 4.78 is 5.66. The van der Waals surface area contributed by atoms with Gasteiger partial charge in [-0.15, -0.1) is 0 Å². The highest BCUT2D eigenvalue weighted by atomic mass is 16.5. The molecule has 0 aromatic rings. The Morgan fingerprint density at radius 2 is 2.00 bits per heavy atom. The molecule has 1 saturated carbocycles. The molecular weight excluding hydrogens is 242 g/mol. The fraction of sp³-hybridized carbons (Fsp3) is 0.857. The van der Waals surface area contributed by atoms with Gasteiger partial charge in [0.2, 0.25) is 0 Å². The summed E-state index contributed by atoms with van der Waals surface area (Å²) in [6.07, 6.45) is 2.47. The molecule has 2 N–H and O–H groups in total. The van der Waals surface area contributed by atoms with Crippen LogP contribution in [0.1, 0.15) is 33.6 Å². The number of ether oxygens (including phenoxy) is 1. The van der Waals surface area contributed by atoms with E-state index in [0.29, 0.717) is 12.5 Å². The standard InChI is InChI=1S/C14H23N3O2/c1-10-6-17(7-11(2)19-10)8-13(18)16-14(3,9-15)12-4-5-12/h10-12H,4-8H2,1-3H3,(H,16,18)/p+1/t10-,11+,14-/m0/s1. The normalized spacial score (nSPS) is 34.1. The van der Waals surface area contributed by atoms with Crippen LogP contribution < -0.4 is 10.2 Å². The van der Waals surface area contributed by atoms with Crippen molar-refractivity contribution in [1.82, 2.24) is 5.32 Å². The Kier molecular flexibility index (Phi) is 4.12. The van der Waals surface area contributed by atoms with E-state index in [-0.39, 0.29) is 18.1 Å². The van der Waals surface area contributed by atoms with E-state index in [2.05, 4.69) is 11.4 Å². The number of nitriles is 1. The summed E-state index contributed by atoms with van der Waals surface area (Å²) >= 11 is 0. The third-order valence-electron chi connectivity index (χ3n) is 4.05. The lowest BCUT2D eigenvalue weighted by Crippen LogP contribution is -3.16. The maximum absolute atomic E-state index is 12.1. The first-order valence-corrected chi connectivity index (χ1v) is 7.14. The summed E-state index contributed by atoms with van der Waals surface area (Å²) in [6, 6.07) is 2.26. The molecule has 2 rings (SSSR count). The van der Waals surface area contributed by atoms with Crippen molar-refractivity contribution in [3.8, 4) is 6.07 Å². The molecule has 0 radical (unpaired) electrons. The third kappa shape index (κ3) is 3.68. The minimum atomic E-state index is -0.681. The van der Waals surface area contributed by atoms with Crippen LogP contribution in [0.2, 0.25) is 0 Å². The smallest absolute Gasteiger partial charge is 0.276 e. The van der Waals surface area contributed by atoms with Gasteiger partial charge in [0.25, 0.3) is 5.91 Å². The fourth-order valence-electron chi connectivity index (χ4n) is 2.98. The number of nitrogens with zero attached hydrogens (tertiary/aromatic N) is 1. The van der Waals surface area contributed by atoms with Crippen LogP contribution in [0.4, 0.5) is 0 Å². The number of morpholine rings is 1. The molecule has 19 heavy (non-hydrogen) atoms. The summed E-state index contributed by atoms with van der Waals surface area (Å²) in [5.41, 5.74) is -0.681. The molecule has 5 heteroatoms. The topological polar surface area (TPSA) is 66.6 Å². The minimum Gasteiger partial charge on any atom is -0.364 e. The number of hydrogen-bond donors (Lipinski definition) is 2. The molecule has 0 aromatic heterocycles. The van der Waals surface area contributed by atoms with Gasteiger partial charge in [0.1, 0.15) is 30.8 Å². The quantitative estimate of drug-likeness (QED) is 0.720. The van der Waals surface area contributed by atoms with Gasteiger partial charge in [-0.3, -0.25) is 4.79 Å². The highest BCUT2D eigenvalue weighted by molar-refractivity contribution is 5.78. The number of carbonyl (C=O) groups excluding carboxylic acids is 1. The second-order valence-electron chi connectivity index (χ2n) is 6.23. The van der Waals surface area contributed by atoms with Crippen LogP contribution in [-0.4, -0.2) is 43.3 Å². The van der Waals surface area contributed by atoms with Crippen LogP contribution in [0, 0.1) is 17.2 Å². The van der Waals surface area contributed by atoms with Crippen LogP contribution in [-0.2, 0) is 9.53 Å². The highest BCUT2D eigenvalue weighted by Crippen LogP contribution is 2.39. The Bertz CT molecular complexity index is 379. The van der Waals surface area contributed by atoms with Crippen LogP contribution in [0.15, 0.2) is 0 Å². The lowest BCUT2D eigenvalue weighted by molar-refractivity contribution is -0.907. The van der Waals surface area contributed by atoms with Crippen molar-refractivity contribution in [2.45, 2.75) is 51.4 Å². The average molecular weight is 266 g/mol. The second kappa shape index (κ2) is 5.48. The van der Waals surface area contributed by atoms with Gasteiger partial charge in [0.15, 0.2) is 6.54 Å². The predicted molar refractivity (Wildman–Crippen MR) is 70.5 cm³/mol. The second-order valence-corrected chi connectivity index (χ2v) is 6.23. The number of quaternary nitrogens is 1. The van der Waals surface area contributed by atoms with Crippen molar-refractivity contribution >= 4 is 5.91 Å². The van der Waals surface area contributed by atoms with E-state index in [0.717, 1.165) is 25.9 Å². The Hall–Kier alpha value is -1.12. The Morgan fingerprint density at radius 1 is 1.42 bits per heavy atom. The Labute approximate surface area is 114 Å². The van der Waals surface area contributed by atoms with E-state index in [1.165, 1.54) is 4.90 Å². The maximum atomic E-state index is 12.1. The fourth-order valence-corrected chi connectivity index (χ4v) is 2.98. The van der Waals surface area contributed by atoms with Gasteiger partial charge in [-0.2, -0.15) is 5.26 Å². The number of rotatable bonds is 4. The summed E-state index contributed by atoms with van der Waals surface area (Å²) in [7, 11) is 0. The predicted octanol–water partition coefficient (Wildman–Crippen LogP) is -0.513. The highest BCUT2D eigenvalue weighted by Gasteiger charge is 2.43. The third-order valence-corrected chi connectivity index (χ3v) is 4.05. The van der Waals surface area contributed by atoms with Gasteiger partial charge in [-0.1, -0.05) is 0 Å². The minimum absolute atomic E-state index is 0.0211. The molecule has 0 aromatic carbocycles. The molecule has 0 bridgehead atoms. The van der Waals surface area contributed by atoms with E-state index >= 15 is 0 Å². The molecule has 5 nitrogen and oxygen atoms in total. The van der Waals surface area contributed by atoms with E-state index in [9.17, 15) is 10.1 Å². The van der Waals surface area contributed by atoms with Crippen molar-refractivity contribution in [3.63, 3.8) is 0 Å². The molecule has 1 heterocycles. The first-order valence-electron chi connectivity index (χ1n) is 7.14. The summed E-state index contributed by atoms with van der Waals surface area (Å²) in [6.45, 7) is 8.05. The summed E-state index contributed by atoms with van der Waals surface area (Å²) in [4.78, 5) is 13.3. The number of hydrogen-bond acceptors (Lipinski definition) is 3. The zero-order chi connectivity index (χ0) is 14.0. The van der Waals surface area contributed by atoms with Crippen LogP contribution in [0.3, 0.4) is 0 Å². The Balaban J connectivity index is 1.85. The lowest BCUT2D eigenvalue weighted by atomic mass is 9.98. The van der Waals surface area contributed by atoms with Gasteiger partial charge in [0.05, 0.1) is 6.07 Å². The molecule has 1 aliphatic carbocycles. The van der Waals surface area contributed by atoms with Crippen LogP contribution >= 0.6 is 0 Å². The van der Waals surface area contributed by atoms with Gasteiger partial charge in [0, 0.05) is 0 Å². The molecule has 2 fully saturated rings. The van der Waals surface area contributed by atoms with Gasteiger partial charge < -0.3 is 15.0 Å². The average Bonchev–Trinajstić information content (AvgIpc) is 3.10. The lowest BCUT2D eigenvalue weighted by Gasteiger charge is -2.32. The van der Waals surface area contributed by atoms with Crippen molar-refractivity contribution in [3.05, 3.63) is 0 Å². The molecule has 4 atom stereocenters. The zero-order valence-electron chi connectivity index (χ0n) is 12.0. The molecule has 106 valence electrons. The first-order chi connectivity index (χ1) is 8.93. The van der Waals surface area contributed by atoms with E-state index < -0.39 is 5.54 Å². The summed E-state index contributed by atoms with van der Waals surface area (Å²) in [5, 5.41) is 12.2. The van der Waals surface area contributed by atoms with Crippen molar-refractivity contribution in [2.75, 3.05) is 19.6 Å². The van der Waals surface area contributed by atoms with Gasteiger partial charge in [-0.25, -0.2) is 0 Å². The van der Waals surface area contributed by atoms with E-state index in [1.807, 2.05) is 20.8 Å². The summed E-state index contributed by atoms with van der Waals surface area (Å²) in [5.74, 6) is 0.311. The zero-order valence-corrected chi connectivity index (χ0v) is 12.0. The molecule has 1 unspecified atom stereocenters. The number of nitrogens with one attached hydrogen (secondary N) is 2. The SMILES string of the molecule is C[C@@H]1C[NH+](CC(=O)N[C@@](C)(C#N)C2CC2)C[C@H](C)O1. The largest absolute Gasteiger partial charge is 0.364 e. The van der Waals surface area contributed by atoms with Crippen molar-refractivity contribution < 1.29 is 14.4 Å². The molecular formula is C14H24N3O2+. The molecule has 0 spiro atoms. The van der Waals surface area contributed by atoms with Crippen molar-refractivity contribution in [2.24, 2.45) is 5.92 Å². The molecule has 2 aliphatic rings. The van der Waals surface area contributed by atoms with Crippen molar-refractivity contribution in [1.29, 1.82) is 5.26 Å². The van der Waals surface area contributed by atoms with Crippen LogP contribution in [0.25, 0.3) is 0 Å². The monoisotopic (exact) mass is 266 g/mol. The molecule has 1 saturated heterocycles. The van der Waals surface area contributed by atoms with Crippen LogP contribution in [0.5, 0.6) is 0 Å². The van der Waals surface area contributed by atoms with Gasteiger partial charge >= 0.3 is 0 Å². The number of carbonyl (C=O) groups is 1. The Morgan fingerprint density at radius 3 is 2.47 bits per heavy atom. The maximum Gasteiger partial charge on any atom is 0.276 e. The number of amides is 1. The molecule has 1 amide bonds. The van der Waals surface area contributed by atoms with Gasteiger partial charge in [-0.05, 0) is 39.5 Å². The van der Waals surface area contributed by atoms with E-state index in [1.54, 1.807) is 0 Å². The van der Waals surface area contributed by atoms with E-state index in [4.69, 9.17) is 4.74 Å².